The third-order valence-electron chi connectivity index (χ3n) is 4.21. The van der Waals surface area contributed by atoms with Crippen LogP contribution >= 0.6 is 12.4 Å². The number of Topliss-reactive ketones (excluding diaryl/α,β-unsaturated/α-hetero) is 1. The van der Waals surface area contributed by atoms with Crippen LogP contribution in [-0.4, -0.2) is 36.0 Å². The van der Waals surface area contributed by atoms with Gasteiger partial charge in [-0.2, -0.15) is 13.2 Å². The topological polar surface area (TPSA) is 20.3 Å². The third-order valence-corrected chi connectivity index (χ3v) is 4.21. The van der Waals surface area contributed by atoms with Gasteiger partial charge in [0.05, 0.1) is 0 Å². The smallest absolute Gasteiger partial charge is 0.293 e. The number of hydrogen-bond acceptors (Lipinski definition) is 2. The number of aryl methyl sites for hydroxylation is 1. The van der Waals surface area contributed by atoms with E-state index in [4.69, 9.17) is 0 Å². The molecule has 0 aliphatic heterocycles. The molecule has 1 aromatic carbocycles. The van der Waals surface area contributed by atoms with Crippen molar-refractivity contribution in [2.75, 3.05) is 13.1 Å². The highest BCUT2D eigenvalue weighted by atomic mass is 35.5. The van der Waals surface area contributed by atoms with Gasteiger partial charge in [0.15, 0.2) is 0 Å². The van der Waals surface area contributed by atoms with Crippen LogP contribution in [0.15, 0.2) is 43.5 Å². The number of ketones is 1. The Balaban J connectivity index is 0.00000288. The van der Waals surface area contributed by atoms with Crippen LogP contribution < -0.4 is 0 Å². The summed E-state index contributed by atoms with van der Waals surface area (Å²) in [7, 11) is 0. The van der Waals surface area contributed by atoms with E-state index in [-0.39, 0.29) is 24.0 Å². The molecule has 0 fully saturated rings. The predicted octanol–water partition coefficient (Wildman–Crippen LogP) is 4.38. The number of rotatable bonds is 6. The second-order valence-corrected chi connectivity index (χ2v) is 5.70. The molecule has 0 saturated heterocycles. The van der Waals surface area contributed by atoms with Crippen LogP contribution in [0.2, 0.25) is 0 Å². The molecule has 0 spiro atoms. The Morgan fingerprint density at radius 1 is 1.25 bits per heavy atom. The van der Waals surface area contributed by atoms with Crippen molar-refractivity contribution < 1.29 is 18.0 Å². The van der Waals surface area contributed by atoms with Crippen molar-refractivity contribution in [3.63, 3.8) is 0 Å². The fourth-order valence-electron chi connectivity index (χ4n) is 3.15. The van der Waals surface area contributed by atoms with Crippen molar-refractivity contribution in [1.29, 1.82) is 0 Å². The monoisotopic (exact) mass is 359 g/mol. The summed E-state index contributed by atoms with van der Waals surface area (Å²) in [5, 5.41) is 0. The lowest BCUT2D eigenvalue weighted by molar-refractivity contribution is -0.0886. The summed E-state index contributed by atoms with van der Waals surface area (Å²) < 4.78 is 38.4. The molecule has 0 aromatic heterocycles. The van der Waals surface area contributed by atoms with E-state index >= 15 is 0 Å². The second-order valence-electron chi connectivity index (χ2n) is 5.70. The van der Waals surface area contributed by atoms with Gasteiger partial charge in [-0.3, -0.25) is 9.69 Å². The number of hydrogen-bond donors (Lipinski definition) is 0. The first-order chi connectivity index (χ1) is 10.9. The first-order valence-corrected chi connectivity index (χ1v) is 7.56. The Morgan fingerprint density at radius 3 is 2.42 bits per heavy atom. The van der Waals surface area contributed by atoms with Gasteiger partial charge in [0.2, 0.25) is 0 Å². The molecule has 2 nitrogen and oxygen atoms in total. The molecule has 24 heavy (non-hydrogen) atoms. The molecule has 0 radical (unpaired) electrons. The zero-order chi connectivity index (χ0) is 17.0. The summed E-state index contributed by atoms with van der Waals surface area (Å²) in [6.45, 7) is 8.72. The van der Waals surface area contributed by atoms with E-state index in [1.165, 1.54) is 12.1 Å². The van der Waals surface area contributed by atoms with Gasteiger partial charge in [-0.1, -0.05) is 30.4 Å². The lowest BCUT2D eigenvalue weighted by Gasteiger charge is -2.34. The van der Waals surface area contributed by atoms with Crippen LogP contribution in [0.5, 0.6) is 0 Å². The van der Waals surface area contributed by atoms with Crippen molar-refractivity contribution in [3.8, 4) is 0 Å². The van der Waals surface area contributed by atoms with Crippen molar-refractivity contribution >= 4 is 18.2 Å². The van der Waals surface area contributed by atoms with Crippen LogP contribution in [0.3, 0.4) is 0 Å². The zero-order valence-electron chi connectivity index (χ0n) is 13.3. The fourth-order valence-corrected chi connectivity index (χ4v) is 3.15. The number of benzene rings is 1. The van der Waals surface area contributed by atoms with E-state index in [1.54, 1.807) is 12.2 Å². The third kappa shape index (κ3) is 4.48. The lowest BCUT2D eigenvalue weighted by atomic mass is 9.83. The lowest BCUT2D eigenvalue weighted by Crippen LogP contribution is -2.40. The highest BCUT2D eigenvalue weighted by Crippen LogP contribution is 2.31. The second kappa shape index (κ2) is 8.49. The molecular formula is C18H21ClF3NO. The first kappa shape index (κ1) is 20.5. The van der Waals surface area contributed by atoms with Crippen LogP contribution in [0.25, 0.3) is 0 Å². The van der Waals surface area contributed by atoms with Crippen LogP contribution in [-0.2, 0) is 12.8 Å². The molecule has 0 heterocycles. The molecule has 0 bridgehead atoms. The molecule has 0 saturated carbocycles. The Labute approximate surface area is 146 Å². The molecular weight excluding hydrogens is 339 g/mol. The van der Waals surface area contributed by atoms with Crippen molar-refractivity contribution in [1.82, 2.24) is 4.90 Å². The average molecular weight is 360 g/mol. The summed E-state index contributed by atoms with van der Waals surface area (Å²) in [6.07, 6.45) is 0.651. The number of alkyl halides is 3. The van der Waals surface area contributed by atoms with E-state index in [0.717, 1.165) is 12.0 Å². The van der Waals surface area contributed by atoms with Crippen molar-refractivity contribution in [2.24, 2.45) is 0 Å². The van der Waals surface area contributed by atoms with Crippen molar-refractivity contribution in [3.05, 3.63) is 60.2 Å². The van der Waals surface area contributed by atoms with Gasteiger partial charge in [0.1, 0.15) is 0 Å². The maximum atomic E-state index is 12.8. The number of fused-ring (bicyclic) bond motifs is 1. The molecule has 2 rings (SSSR count). The summed E-state index contributed by atoms with van der Waals surface area (Å²) in [4.78, 5) is 13.8. The van der Waals surface area contributed by atoms with Gasteiger partial charge in [-0.05, 0) is 30.4 Å². The van der Waals surface area contributed by atoms with Gasteiger partial charge in [-0.25, -0.2) is 0 Å². The maximum Gasteiger partial charge on any atom is 0.454 e. The SMILES string of the molecule is C=CCN(CC=C)C1CCc2cccc(C(=O)C(F)(F)F)c2C1.Cl. The minimum Gasteiger partial charge on any atom is -0.293 e. The number of carbonyl (C=O) groups is 1. The number of carbonyl (C=O) groups excluding carboxylic acids is 1. The van der Waals surface area contributed by atoms with Gasteiger partial charge >= 0.3 is 6.18 Å². The van der Waals surface area contributed by atoms with Crippen LogP contribution in [0, 0.1) is 0 Å². The van der Waals surface area contributed by atoms with E-state index in [0.29, 0.717) is 31.5 Å². The summed E-state index contributed by atoms with van der Waals surface area (Å²) >= 11 is 0. The molecule has 1 aromatic rings. The van der Waals surface area contributed by atoms with E-state index in [1.807, 2.05) is 6.07 Å². The van der Waals surface area contributed by atoms with E-state index < -0.39 is 12.0 Å². The standard InChI is InChI=1S/C18H20F3NO.ClH/c1-3-10-22(11-4-2)14-9-8-13-6-5-7-15(16(13)12-14)17(23)18(19,20)21;/h3-7,14H,1-2,8-12H2;1H. The Hall–Kier alpha value is -1.59. The molecule has 1 atom stereocenters. The molecule has 132 valence electrons. The first-order valence-electron chi connectivity index (χ1n) is 7.56. The summed E-state index contributed by atoms with van der Waals surface area (Å²) in [6, 6.07) is 4.70. The predicted molar refractivity (Wildman–Crippen MR) is 91.9 cm³/mol. The number of nitrogens with zero attached hydrogens (tertiary/aromatic N) is 1. The Kier molecular flexibility index (Phi) is 7.24. The molecule has 1 unspecified atom stereocenters. The Bertz CT molecular complexity index is 603. The minimum atomic E-state index is -4.84. The number of halogens is 4. The molecule has 6 heteroatoms. The zero-order valence-corrected chi connectivity index (χ0v) is 14.1. The molecule has 1 aliphatic rings. The molecule has 0 amide bonds. The fraction of sp³-hybridized carbons (Fsp3) is 0.389. The highest BCUT2D eigenvalue weighted by Gasteiger charge is 2.41. The highest BCUT2D eigenvalue weighted by molar-refractivity contribution is 6.01. The van der Waals surface area contributed by atoms with E-state index in [9.17, 15) is 18.0 Å². The van der Waals surface area contributed by atoms with Gasteiger partial charge in [-0.15, -0.1) is 25.6 Å². The van der Waals surface area contributed by atoms with E-state index in [2.05, 4.69) is 18.1 Å². The summed E-state index contributed by atoms with van der Waals surface area (Å²) in [5.41, 5.74) is 1.16. The van der Waals surface area contributed by atoms with Crippen LogP contribution in [0.4, 0.5) is 13.2 Å². The maximum absolute atomic E-state index is 12.8. The quantitative estimate of drug-likeness (QED) is 0.554. The Morgan fingerprint density at radius 2 is 1.88 bits per heavy atom. The van der Waals surface area contributed by atoms with Gasteiger partial charge in [0.25, 0.3) is 5.78 Å². The molecule has 1 aliphatic carbocycles. The molecule has 0 N–H and O–H groups in total. The summed E-state index contributed by atoms with van der Waals surface area (Å²) in [5.74, 6) is -1.76. The van der Waals surface area contributed by atoms with Crippen molar-refractivity contribution in [2.45, 2.75) is 31.5 Å². The average Bonchev–Trinajstić information content (AvgIpc) is 2.52. The minimum absolute atomic E-state index is 0. The van der Waals surface area contributed by atoms with Gasteiger partial charge < -0.3 is 0 Å². The normalized spacial score (nSPS) is 16.9. The van der Waals surface area contributed by atoms with Crippen LogP contribution in [0.1, 0.15) is 27.9 Å². The largest absolute Gasteiger partial charge is 0.454 e. The van der Waals surface area contributed by atoms with Gasteiger partial charge in [0, 0.05) is 24.7 Å².